The molecule has 0 aromatic heterocycles. The summed E-state index contributed by atoms with van der Waals surface area (Å²) in [5.74, 6) is 2.00. The third kappa shape index (κ3) is 4.93. The Bertz CT molecular complexity index is 829. The molecule has 4 nitrogen and oxygen atoms in total. The lowest BCUT2D eigenvalue weighted by Crippen LogP contribution is -2.30. The molecule has 0 radical (unpaired) electrons. The highest BCUT2D eigenvalue weighted by Gasteiger charge is 2.30. The molecule has 2 aromatic rings. The van der Waals surface area contributed by atoms with Crippen LogP contribution in [-0.4, -0.2) is 31.9 Å². The summed E-state index contributed by atoms with van der Waals surface area (Å²) in [4.78, 5) is 6.64. The fourth-order valence-corrected chi connectivity index (χ4v) is 2.95. The van der Waals surface area contributed by atoms with Crippen molar-refractivity contribution in [3.63, 3.8) is 0 Å². The van der Waals surface area contributed by atoms with Crippen LogP contribution in [0, 0.1) is 19.8 Å². The van der Waals surface area contributed by atoms with E-state index in [1.807, 2.05) is 30.4 Å². The molecule has 0 amide bonds. The number of benzene rings is 2. The average molecular weight is 383 g/mol. The molecular formula is C24H34N2O2. The van der Waals surface area contributed by atoms with Gasteiger partial charge in [-0.05, 0) is 74.6 Å². The summed E-state index contributed by atoms with van der Waals surface area (Å²) in [5, 5.41) is 0. The van der Waals surface area contributed by atoms with Gasteiger partial charge >= 0.3 is 0 Å². The second kappa shape index (κ2) is 9.24. The molecule has 1 unspecified atom stereocenters. The Labute approximate surface area is 170 Å². The van der Waals surface area contributed by atoms with Crippen LogP contribution in [0.2, 0.25) is 0 Å². The van der Waals surface area contributed by atoms with Gasteiger partial charge in [-0.25, -0.2) is 4.99 Å². The van der Waals surface area contributed by atoms with Crippen LogP contribution in [0.1, 0.15) is 44.4 Å². The summed E-state index contributed by atoms with van der Waals surface area (Å²) >= 11 is 0. The number of hydrogen-bond donors (Lipinski definition) is 0. The topological polar surface area (TPSA) is 34.1 Å². The molecule has 0 spiro atoms. The largest absolute Gasteiger partial charge is 0.457 e. The van der Waals surface area contributed by atoms with Gasteiger partial charge in [0.25, 0.3) is 0 Å². The van der Waals surface area contributed by atoms with E-state index in [4.69, 9.17) is 9.47 Å². The lowest BCUT2D eigenvalue weighted by Gasteiger charge is -2.33. The average Bonchev–Trinajstić information content (AvgIpc) is 2.68. The molecule has 0 aliphatic carbocycles. The highest BCUT2D eigenvalue weighted by molar-refractivity contribution is 5.64. The summed E-state index contributed by atoms with van der Waals surface area (Å²) in [6.07, 6.45) is 1.86. The smallest absolute Gasteiger partial charge is 0.130 e. The minimum atomic E-state index is -0.353. The van der Waals surface area contributed by atoms with Crippen molar-refractivity contribution >= 4 is 12.0 Å². The summed E-state index contributed by atoms with van der Waals surface area (Å²) in [6, 6.07) is 12.3. The summed E-state index contributed by atoms with van der Waals surface area (Å²) < 4.78 is 12.1. The van der Waals surface area contributed by atoms with E-state index in [9.17, 15) is 0 Å². The third-order valence-corrected chi connectivity index (χ3v) is 5.55. The van der Waals surface area contributed by atoms with Gasteiger partial charge in [0.15, 0.2) is 0 Å². The Morgan fingerprint density at radius 2 is 1.86 bits per heavy atom. The van der Waals surface area contributed by atoms with E-state index in [1.165, 1.54) is 0 Å². The van der Waals surface area contributed by atoms with Crippen molar-refractivity contribution in [3.8, 4) is 11.5 Å². The molecular weight excluding hydrogens is 348 g/mol. The third-order valence-electron chi connectivity index (χ3n) is 5.55. The second-order valence-electron chi connectivity index (χ2n) is 7.82. The fraction of sp³-hybridized carbons (Fsp3) is 0.458. The number of rotatable bonds is 8. The van der Waals surface area contributed by atoms with E-state index in [0.717, 1.165) is 40.4 Å². The van der Waals surface area contributed by atoms with Gasteiger partial charge in [-0.3, -0.25) is 0 Å². The zero-order valence-corrected chi connectivity index (χ0v) is 18.5. The van der Waals surface area contributed by atoms with Crippen molar-refractivity contribution in [3.05, 3.63) is 53.1 Å². The molecule has 0 saturated heterocycles. The molecule has 28 heavy (non-hydrogen) atoms. The predicted octanol–water partition coefficient (Wildman–Crippen LogP) is 6.22. The number of methoxy groups -OCH3 is 1. The zero-order valence-electron chi connectivity index (χ0n) is 18.5. The Morgan fingerprint density at radius 3 is 2.46 bits per heavy atom. The van der Waals surface area contributed by atoms with E-state index in [0.29, 0.717) is 5.92 Å². The van der Waals surface area contributed by atoms with E-state index in [-0.39, 0.29) is 5.60 Å². The molecule has 2 rings (SSSR count). The van der Waals surface area contributed by atoms with Crippen LogP contribution < -0.4 is 4.74 Å². The number of aliphatic imine (C=N–C) groups is 1. The monoisotopic (exact) mass is 382 g/mol. The molecule has 0 bridgehead atoms. The van der Waals surface area contributed by atoms with Gasteiger partial charge in [-0.2, -0.15) is 0 Å². The van der Waals surface area contributed by atoms with E-state index in [2.05, 4.69) is 70.8 Å². The van der Waals surface area contributed by atoms with Crippen LogP contribution in [0.15, 0.2) is 41.4 Å². The van der Waals surface area contributed by atoms with Gasteiger partial charge in [0, 0.05) is 20.7 Å². The molecule has 0 saturated carbocycles. The summed E-state index contributed by atoms with van der Waals surface area (Å²) in [5.41, 5.74) is 3.86. The summed E-state index contributed by atoms with van der Waals surface area (Å²) in [7, 11) is 3.78. The maximum atomic E-state index is 6.23. The maximum absolute atomic E-state index is 6.23. The number of ether oxygens (including phenoxy) is 2. The molecule has 0 N–H and O–H groups in total. The van der Waals surface area contributed by atoms with Crippen molar-refractivity contribution in [2.75, 3.05) is 20.7 Å². The first-order valence-corrected chi connectivity index (χ1v) is 9.90. The van der Waals surface area contributed by atoms with Crippen LogP contribution in [0.4, 0.5) is 5.69 Å². The van der Waals surface area contributed by atoms with Crippen molar-refractivity contribution in [1.29, 1.82) is 0 Å². The normalized spacial score (nSPS) is 13.8. The lowest BCUT2D eigenvalue weighted by molar-refractivity contribution is -0.0374. The number of hydrogen-bond acceptors (Lipinski definition) is 3. The molecule has 2 aromatic carbocycles. The minimum absolute atomic E-state index is 0.343. The van der Waals surface area contributed by atoms with Crippen molar-refractivity contribution < 1.29 is 9.47 Å². The Morgan fingerprint density at radius 1 is 1.14 bits per heavy atom. The number of nitrogens with zero attached hydrogens (tertiary/aromatic N) is 2. The van der Waals surface area contributed by atoms with Gasteiger partial charge < -0.3 is 14.4 Å². The van der Waals surface area contributed by atoms with Gasteiger partial charge in [-0.1, -0.05) is 26.0 Å². The minimum Gasteiger partial charge on any atom is -0.457 e. The zero-order chi connectivity index (χ0) is 20.9. The highest BCUT2D eigenvalue weighted by Crippen LogP contribution is 2.36. The molecule has 0 aliphatic heterocycles. The molecule has 0 heterocycles. The molecule has 152 valence electrons. The van der Waals surface area contributed by atoms with Crippen LogP contribution in [0.3, 0.4) is 0 Å². The van der Waals surface area contributed by atoms with Crippen LogP contribution >= 0.6 is 0 Å². The van der Waals surface area contributed by atoms with Crippen LogP contribution in [-0.2, 0) is 10.3 Å². The standard InChI is InChI=1S/C24H34N2O2/c1-9-26(7)16-25-22-13-19(5)23(14-18(22)4)28-21-12-10-11-20(15-21)24(6,27-8)17(2)3/h10-17H,9H2,1-8H3. The quantitative estimate of drug-likeness (QED) is 0.401. The maximum Gasteiger partial charge on any atom is 0.130 e. The van der Waals surface area contributed by atoms with Crippen LogP contribution in [0.25, 0.3) is 0 Å². The van der Waals surface area contributed by atoms with Gasteiger partial charge in [0.05, 0.1) is 17.6 Å². The molecule has 1 atom stereocenters. The first-order chi connectivity index (χ1) is 13.2. The molecule has 0 fully saturated rings. The fourth-order valence-electron chi connectivity index (χ4n) is 2.95. The van der Waals surface area contributed by atoms with Gasteiger partial charge in [-0.15, -0.1) is 0 Å². The van der Waals surface area contributed by atoms with Crippen molar-refractivity contribution in [1.82, 2.24) is 4.90 Å². The lowest BCUT2D eigenvalue weighted by atomic mass is 9.85. The Balaban J connectivity index is 2.30. The predicted molar refractivity (Wildman–Crippen MR) is 118 cm³/mol. The van der Waals surface area contributed by atoms with Crippen molar-refractivity contribution in [2.45, 2.75) is 47.1 Å². The SMILES string of the molecule is CCN(C)C=Nc1cc(C)c(Oc2cccc(C(C)(OC)C(C)C)c2)cc1C. The first kappa shape index (κ1) is 22.0. The molecule has 4 heteroatoms. The molecule has 0 aliphatic rings. The van der Waals surface area contributed by atoms with Gasteiger partial charge in [0.2, 0.25) is 0 Å². The Kier molecular flexibility index (Phi) is 7.25. The number of aryl methyl sites for hydroxylation is 2. The highest BCUT2D eigenvalue weighted by atomic mass is 16.5. The second-order valence-corrected chi connectivity index (χ2v) is 7.82. The van der Waals surface area contributed by atoms with E-state index >= 15 is 0 Å². The first-order valence-electron chi connectivity index (χ1n) is 9.90. The Hall–Kier alpha value is -2.33. The van der Waals surface area contributed by atoms with Crippen molar-refractivity contribution in [2.24, 2.45) is 10.9 Å². The van der Waals surface area contributed by atoms with Gasteiger partial charge in [0.1, 0.15) is 11.5 Å². The van der Waals surface area contributed by atoms with E-state index in [1.54, 1.807) is 7.11 Å². The van der Waals surface area contributed by atoms with Crippen LogP contribution in [0.5, 0.6) is 11.5 Å². The summed E-state index contributed by atoms with van der Waals surface area (Å²) in [6.45, 7) is 13.6. The van der Waals surface area contributed by atoms with E-state index < -0.39 is 0 Å².